The van der Waals surface area contributed by atoms with Crippen molar-refractivity contribution < 1.29 is 33.2 Å². The number of rotatable bonds is 19. The van der Waals surface area contributed by atoms with E-state index in [1.165, 1.54) is 0 Å². The van der Waals surface area contributed by atoms with Crippen molar-refractivity contribution in [2.24, 2.45) is 0 Å². The second-order valence-corrected chi connectivity index (χ2v) is 14.7. The minimum Gasteiger partial charge on any atom is -0.493 e. The largest absolute Gasteiger partial charge is 0.493 e. The molecule has 0 fully saturated rings. The van der Waals surface area contributed by atoms with E-state index in [2.05, 4.69) is 89.8 Å². The Bertz CT molecular complexity index is 2490. The maximum absolute atomic E-state index is 6.56. The summed E-state index contributed by atoms with van der Waals surface area (Å²) >= 11 is 0. The van der Waals surface area contributed by atoms with Crippen molar-refractivity contribution in [3.8, 4) is 62.5 Å². The first-order valence-electron chi connectivity index (χ1n) is 20.5. The molecule has 8 nitrogen and oxygen atoms in total. The Balaban J connectivity index is 1.20. The second-order valence-electron chi connectivity index (χ2n) is 14.7. The summed E-state index contributed by atoms with van der Waals surface area (Å²) < 4.78 is 45.2. The standard InChI is InChI=1S/C54H49NO7/c1-56-52-28-43(29-53(57-2)54(52)58-3)32-55-33-46(44-24-26-48(59-35-39-16-8-4-9-17-39)50(30-44)61-37-41-20-12-6-13-21-41)47(34-55)45-25-27-49(60-36-40-18-10-5-11-19-40)51(31-45)62-38-42-22-14-7-15-23-42/h4-31,33-34H,32,35-38H2,1-3H3. The maximum Gasteiger partial charge on any atom is 0.203 e. The number of methoxy groups -OCH3 is 3. The number of aromatic nitrogens is 1. The van der Waals surface area contributed by atoms with Crippen LogP contribution >= 0.6 is 0 Å². The van der Waals surface area contributed by atoms with Crippen LogP contribution in [0.2, 0.25) is 0 Å². The highest BCUT2D eigenvalue weighted by molar-refractivity contribution is 5.85. The fourth-order valence-electron chi connectivity index (χ4n) is 7.25. The molecule has 62 heavy (non-hydrogen) atoms. The van der Waals surface area contributed by atoms with Crippen molar-refractivity contribution in [3.05, 3.63) is 210 Å². The molecule has 8 heteroatoms. The van der Waals surface area contributed by atoms with Crippen LogP contribution in [0.1, 0.15) is 27.8 Å². The summed E-state index contributed by atoms with van der Waals surface area (Å²) in [6.07, 6.45) is 4.31. The van der Waals surface area contributed by atoms with Gasteiger partial charge in [0, 0.05) is 30.1 Å². The van der Waals surface area contributed by atoms with Crippen LogP contribution in [0.5, 0.6) is 40.2 Å². The summed E-state index contributed by atoms with van der Waals surface area (Å²) in [5.74, 6) is 4.32. The van der Waals surface area contributed by atoms with Gasteiger partial charge in [-0.05, 0) is 75.3 Å². The summed E-state index contributed by atoms with van der Waals surface area (Å²) in [5, 5.41) is 0. The van der Waals surface area contributed by atoms with Gasteiger partial charge in [-0.15, -0.1) is 0 Å². The van der Waals surface area contributed by atoms with Gasteiger partial charge in [0.25, 0.3) is 0 Å². The molecule has 0 aliphatic carbocycles. The molecule has 8 aromatic rings. The van der Waals surface area contributed by atoms with Crippen LogP contribution in [0.15, 0.2) is 182 Å². The quantitative estimate of drug-likeness (QED) is 0.0804. The third-order valence-corrected chi connectivity index (χ3v) is 10.4. The van der Waals surface area contributed by atoms with E-state index in [1.54, 1.807) is 21.3 Å². The lowest BCUT2D eigenvalue weighted by molar-refractivity contribution is 0.256. The molecular formula is C54H49NO7. The molecule has 0 unspecified atom stereocenters. The van der Waals surface area contributed by atoms with Crippen LogP contribution < -0.4 is 33.2 Å². The van der Waals surface area contributed by atoms with Crippen LogP contribution in [0.25, 0.3) is 22.3 Å². The average molecular weight is 824 g/mol. The number of hydrogen-bond acceptors (Lipinski definition) is 7. The smallest absolute Gasteiger partial charge is 0.203 e. The van der Waals surface area contributed by atoms with Crippen molar-refractivity contribution in [3.63, 3.8) is 0 Å². The van der Waals surface area contributed by atoms with Crippen LogP contribution in [0.4, 0.5) is 0 Å². The van der Waals surface area contributed by atoms with Crippen molar-refractivity contribution in [1.29, 1.82) is 0 Å². The Hall–Kier alpha value is -7.58. The summed E-state index contributed by atoms with van der Waals surface area (Å²) in [7, 11) is 4.86. The summed E-state index contributed by atoms with van der Waals surface area (Å²) in [4.78, 5) is 0. The molecule has 8 rings (SSSR count). The van der Waals surface area contributed by atoms with E-state index in [0.29, 0.717) is 73.2 Å². The first-order chi connectivity index (χ1) is 30.6. The van der Waals surface area contributed by atoms with Gasteiger partial charge in [-0.25, -0.2) is 0 Å². The lowest BCUT2D eigenvalue weighted by Gasteiger charge is -2.16. The van der Waals surface area contributed by atoms with Gasteiger partial charge < -0.3 is 37.7 Å². The van der Waals surface area contributed by atoms with E-state index in [4.69, 9.17) is 33.2 Å². The van der Waals surface area contributed by atoms with Crippen molar-refractivity contribution in [2.45, 2.75) is 33.0 Å². The number of nitrogens with zero attached hydrogens (tertiary/aromatic N) is 1. The third-order valence-electron chi connectivity index (χ3n) is 10.4. The Morgan fingerprint density at radius 1 is 0.339 bits per heavy atom. The first kappa shape index (κ1) is 41.2. The molecule has 7 aromatic carbocycles. The highest BCUT2D eigenvalue weighted by Gasteiger charge is 2.19. The van der Waals surface area contributed by atoms with Crippen LogP contribution in [0.3, 0.4) is 0 Å². The van der Waals surface area contributed by atoms with Gasteiger partial charge in [0.15, 0.2) is 34.5 Å². The predicted octanol–water partition coefficient (Wildman–Crippen LogP) is 12.2. The Labute approximate surface area is 363 Å². The molecule has 0 aliphatic heterocycles. The van der Waals surface area contributed by atoms with Gasteiger partial charge in [-0.1, -0.05) is 133 Å². The normalized spacial score (nSPS) is 10.8. The first-order valence-corrected chi connectivity index (χ1v) is 20.5. The molecular weight excluding hydrogens is 775 g/mol. The molecule has 0 amide bonds. The lowest BCUT2D eigenvalue weighted by Crippen LogP contribution is -2.01. The highest BCUT2D eigenvalue weighted by atomic mass is 16.5. The lowest BCUT2D eigenvalue weighted by atomic mass is 9.98. The Morgan fingerprint density at radius 3 is 1.03 bits per heavy atom. The van der Waals surface area contributed by atoms with Crippen molar-refractivity contribution >= 4 is 0 Å². The van der Waals surface area contributed by atoms with E-state index in [0.717, 1.165) is 50.1 Å². The third kappa shape index (κ3) is 10.2. The molecule has 0 radical (unpaired) electrons. The number of benzene rings is 7. The van der Waals surface area contributed by atoms with Crippen LogP contribution in [-0.4, -0.2) is 25.9 Å². The molecule has 0 saturated carbocycles. The zero-order valence-electron chi connectivity index (χ0n) is 35.2. The monoisotopic (exact) mass is 823 g/mol. The van der Waals surface area contributed by atoms with Gasteiger partial charge >= 0.3 is 0 Å². The van der Waals surface area contributed by atoms with Crippen molar-refractivity contribution in [1.82, 2.24) is 4.57 Å². The molecule has 0 N–H and O–H groups in total. The van der Waals surface area contributed by atoms with Gasteiger partial charge in [0.1, 0.15) is 26.4 Å². The summed E-state index contributed by atoms with van der Waals surface area (Å²) in [5.41, 5.74) is 9.11. The zero-order valence-corrected chi connectivity index (χ0v) is 35.2. The number of hydrogen-bond donors (Lipinski definition) is 0. The van der Waals surface area contributed by atoms with E-state index >= 15 is 0 Å². The molecule has 312 valence electrons. The number of ether oxygens (including phenoxy) is 7. The van der Waals surface area contributed by atoms with E-state index in [1.807, 2.05) is 97.1 Å². The van der Waals surface area contributed by atoms with Crippen LogP contribution in [-0.2, 0) is 33.0 Å². The van der Waals surface area contributed by atoms with Gasteiger partial charge in [-0.2, -0.15) is 0 Å². The van der Waals surface area contributed by atoms with Gasteiger partial charge in [0.2, 0.25) is 5.75 Å². The predicted molar refractivity (Wildman–Crippen MR) is 244 cm³/mol. The van der Waals surface area contributed by atoms with E-state index in [-0.39, 0.29) is 0 Å². The SMILES string of the molecule is COc1cc(Cn2cc(-c3ccc(OCc4ccccc4)c(OCc4ccccc4)c3)c(-c3ccc(OCc4ccccc4)c(OCc4ccccc4)c3)c2)cc(OC)c1OC. The van der Waals surface area contributed by atoms with Crippen LogP contribution in [0, 0.1) is 0 Å². The molecule has 0 atom stereocenters. The molecule has 0 aliphatic rings. The van der Waals surface area contributed by atoms with E-state index < -0.39 is 0 Å². The molecule has 1 heterocycles. The Kier molecular flexibility index (Phi) is 13.4. The van der Waals surface area contributed by atoms with Gasteiger partial charge in [0.05, 0.1) is 21.3 Å². The highest BCUT2D eigenvalue weighted by Crippen LogP contribution is 2.43. The fourth-order valence-corrected chi connectivity index (χ4v) is 7.25. The zero-order chi connectivity index (χ0) is 42.5. The van der Waals surface area contributed by atoms with E-state index in [9.17, 15) is 0 Å². The second kappa shape index (κ2) is 20.1. The minimum absolute atomic E-state index is 0.382. The minimum atomic E-state index is 0.382. The maximum atomic E-state index is 6.56. The summed E-state index contributed by atoms with van der Waals surface area (Å²) in [6.45, 7) is 2.10. The average Bonchev–Trinajstić information content (AvgIpc) is 3.76. The fraction of sp³-hybridized carbons (Fsp3) is 0.148. The van der Waals surface area contributed by atoms with Crippen molar-refractivity contribution in [2.75, 3.05) is 21.3 Å². The summed E-state index contributed by atoms with van der Waals surface area (Å²) in [6, 6.07) is 56.8. The molecule has 0 saturated heterocycles. The molecule has 1 aromatic heterocycles. The molecule has 0 spiro atoms. The topological polar surface area (TPSA) is 69.5 Å². The molecule has 0 bridgehead atoms. The Morgan fingerprint density at radius 2 is 0.694 bits per heavy atom. The van der Waals surface area contributed by atoms with Gasteiger partial charge in [-0.3, -0.25) is 0 Å².